The Morgan fingerprint density at radius 2 is 0.772 bits per heavy atom. The number of aromatic nitrogens is 2. The zero-order valence-corrected chi connectivity index (χ0v) is 32.2. The van der Waals surface area contributed by atoms with Gasteiger partial charge in [-0.1, -0.05) is 182 Å². The molecule has 0 atom stereocenters. The van der Waals surface area contributed by atoms with Crippen molar-refractivity contribution in [2.24, 2.45) is 0 Å². The summed E-state index contributed by atoms with van der Waals surface area (Å²) in [6, 6.07) is 81.2. The number of fused-ring (bicyclic) bond motifs is 10. The molecule has 3 heteroatoms. The number of hydrogen-bond donors (Lipinski definition) is 0. The SMILES string of the molecule is c1ccc(-n2c3ccccc3c3ccc4c5ccccc5n(-c5ccc(-c6cccc([Si]7(c8ccccc8)c8ccccc8-c8ccccc87)c6)cc5)c4c32)cc1. The summed E-state index contributed by atoms with van der Waals surface area (Å²) >= 11 is 0. The van der Waals surface area contributed by atoms with Gasteiger partial charge in [-0.25, -0.2) is 0 Å². The standard InChI is InChI=1S/C54H36N2Si/c1-3-17-39(18-4-1)55-49-26-11-7-22-43(49)47-34-35-48-44-23-8-12-27-50(44)56(54(48)53(47)55)40-32-30-37(31-33-40)38-16-15-21-42(36-38)57(41-19-5-2-6-20-41)51-28-13-9-24-45(51)46-25-10-14-29-52(46)57/h1-36H. The van der Waals surface area contributed by atoms with Crippen LogP contribution in [0.1, 0.15) is 0 Å². The number of hydrogen-bond acceptors (Lipinski definition) is 0. The second kappa shape index (κ2) is 12.4. The van der Waals surface area contributed by atoms with Crippen LogP contribution in [0.15, 0.2) is 218 Å². The minimum atomic E-state index is -2.59. The van der Waals surface area contributed by atoms with Gasteiger partial charge < -0.3 is 9.13 Å². The van der Waals surface area contributed by atoms with Crippen molar-refractivity contribution < 1.29 is 0 Å². The molecule has 1 aliphatic rings. The molecule has 0 saturated carbocycles. The lowest BCUT2D eigenvalue weighted by Crippen LogP contribution is -2.72. The molecule has 0 amide bonds. The molecule has 0 spiro atoms. The Morgan fingerprint density at radius 1 is 0.298 bits per heavy atom. The molecule has 0 radical (unpaired) electrons. The van der Waals surface area contributed by atoms with Crippen LogP contribution in [0.4, 0.5) is 0 Å². The lowest BCUT2D eigenvalue weighted by atomic mass is 10.1. The van der Waals surface area contributed by atoms with Gasteiger partial charge in [-0.3, -0.25) is 0 Å². The van der Waals surface area contributed by atoms with Crippen LogP contribution in [0.3, 0.4) is 0 Å². The number of rotatable bonds is 5. The molecule has 0 aliphatic carbocycles. The summed E-state index contributed by atoms with van der Waals surface area (Å²) in [5.74, 6) is 0. The lowest BCUT2D eigenvalue weighted by molar-refractivity contribution is 1.15. The van der Waals surface area contributed by atoms with Crippen molar-refractivity contribution in [3.63, 3.8) is 0 Å². The normalized spacial score (nSPS) is 13.1. The topological polar surface area (TPSA) is 9.86 Å². The zero-order valence-electron chi connectivity index (χ0n) is 31.2. The summed E-state index contributed by atoms with van der Waals surface area (Å²) in [5, 5.41) is 10.8. The molecule has 57 heavy (non-hydrogen) atoms. The minimum absolute atomic E-state index is 1.15. The maximum Gasteiger partial charge on any atom is 0.180 e. The third kappa shape index (κ3) is 4.52. The first-order valence-corrected chi connectivity index (χ1v) is 21.8. The van der Waals surface area contributed by atoms with Gasteiger partial charge in [0.25, 0.3) is 0 Å². The van der Waals surface area contributed by atoms with Crippen LogP contribution >= 0.6 is 0 Å². The smallest absolute Gasteiger partial charge is 0.180 e. The van der Waals surface area contributed by atoms with E-state index in [1.165, 1.54) is 86.6 Å². The van der Waals surface area contributed by atoms with Gasteiger partial charge in [0.15, 0.2) is 8.07 Å². The van der Waals surface area contributed by atoms with E-state index >= 15 is 0 Å². The van der Waals surface area contributed by atoms with E-state index in [9.17, 15) is 0 Å². The molecule has 0 N–H and O–H groups in total. The largest absolute Gasteiger partial charge is 0.307 e. The van der Waals surface area contributed by atoms with E-state index in [1.54, 1.807) is 0 Å². The van der Waals surface area contributed by atoms with Crippen molar-refractivity contribution in [1.29, 1.82) is 0 Å². The third-order valence-corrected chi connectivity index (χ3v) is 17.3. The van der Waals surface area contributed by atoms with Crippen molar-refractivity contribution in [2.45, 2.75) is 0 Å². The predicted octanol–water partition coefficient (Wildman–Crippen LogP) is 10.9. The Kier molecular flexibility index (Phi) is 6.98. The summed E-state index contributed by atoms with van der Waals surface area (Å²) in [4.78, 5) is 0. The van der Waals surface area contributed by atoms with Crippen LogP contribution in [0.5, 0.6) is 0 Å². The Morgan fingerprint density at radius 3 is 1.37 bits per heavy atom. The fraction of sp³-hybridized carbons (Fsp3) is 0. The third-order valence-electron chi connectivity index (χ3n) is 12.4. The summed E-state index contributed by atoms with van der Waals surface area (Å²) in [7, 11) is -2.59. The van der Waals surface area contributed by atoms with Crippen LogP contribution in [0.25, 0.3) is 77.2 Å². The molecule has 0 fully saturated rings. The predicted molar refractivity (Wildman–Crippen MR) is 243 cm³/mol. The van der Waals surface area contributed by atoms with Crippen molar-refractivity contribution >= 4 is 72.4 Å². The zero-order chi connectivity index (χ0) is 37.5. The molecule has 0 bridgehead atoms. The van der Waals surface area contributed by atoms with E-state index in [4.69, 9.17) is 0 Å². The quantitative estimate of drug-likeness (QED) is 0.156. The molecule has 0 saturated heterocycles. The van der Waals surface area contributed by atoms with Gasteiger partial charge in [0.1, 0.15) is 0 Å². The molecule has 12 rings (SSSR count). The highest BCUT2D eigenvalue weighted by Gasteiger charge is 2.48. The Labute approximate surface area is 332 Å². The highest BCUT2D eigenvalue weighted by Crippen LogP contribution is 2.42. The highest BCUT2D eigenvalue weighted by atomic mass is 28.3. The first-order valence-electron chi connectivity index (χ1n) is 19.8. The first kappa shape index (κ1) is 32.1. The van der Waals surface area contributed by atoms with Gasteiger partial charge in [0.2, 0.25) is 0 Å². The van der Waals surface area contributed by atoms with Gasteiger partial charge in [-0.05, 0) is 79.4 Å². The molecule has 9 aromatic carbocycles. The Bertz CT molecular complexity index is 3290. The van der Waals surface area contributed by atoms with Crippen LogP contribution in [-0.4, -0.2) is 17.2 Å². The molecular formula is C54H36N2Si. The molecule has 0 unspecified atom stereocenters. The number of benzene rings is 9. The fourth-order valence-electron chi connectivity index (χ4n) is 10.1. The summed E-state index contributed by atoms with van der Waals surface area (Å²) in [6.45, 7) is 0. The van der Waals surface area contributed by atoms with Crippen molar-refractivity contribution in [3.8, 4) is 33.6 Å². The maximum absolute atomic E-state index is 2.59. The molecule has 266 valence electrons. The molecule has 11 aromatic rings. The minimum Gasteiger partial charge on any atom is -0.307 e. The second-order valence-corrected chi connectivity index (χ2v) is 19.0. The van der Waals surface area contributed by atoms with E-state index in [-0.39, 0.29) is 0 Å². The Hall–Kier alpha value is -7.20. The van der Waals surface area contributed by atoms with E-state index in [0.717, 1.165) is 11.4 Å². The van der Waals surface area contributed by atoms with Crippen molar-refractivity contribution in [3.05, 3.63) is 218 Å². The van der Waals surface area contributed by atoms with Gasteiger partial charge >= 0.3 is 0 Å². The molecule has 3 heterocycles. The number of para-hydroxylation sites is 3. The average Bonchev–Trinajstić information content (AvgIpc) is 3.92. The van der Waals surface area contributed by atoms with Crippen molar-refractivity contribution in [2.75, 3.05) is 0 Å². The molecular weight excluding hydrogens is 705 g/mol. The fourth-order valence-corrected chi connectivity index (χ4v) is 15.3. The van der Waals surface area contributed by atoms with E-state index in [1.807, 2.05) is 0 Å². The van der Waals surface area contributed by atoms with Crippen LogP contribution in [-0.2, 0) is 0 Å². The molecule has 2 aromatic heterocycles. The van der Waals surface area contributed by atoms with E-state index in [0.29, 0.717) is 0 Å². The summed E-state index contributed by atoms with van der Waals surface area (Å²) < 4.78 is 4.93. The van der Waals surface area contributed by atoms with Gasteiger partial charge in [0.05, 0.1) is 22.1 Å². The van der Waals surface area contributed by atoms with Crippen LogP contribution in [0, 0.1) is 0 Å². The molecule has 2 nitrogen and oxygen atoms in total. The molecule has 1 aliphatic heterocycles. The van der Waals surface area contributed by atoms with E-state index in [2.05, 4.69) is 228 Å². The number of nitrogens with zero attached hydrogens (tertiary/aromatic N) is 2. The summed E-state index contributed by atoms with van der Waals surface area (Å²) in [6.07, 6.45) is 0. The lowest BCUT2D eigenvalue weighted by Gasteiger charge is -2.31. The maximum atomic E-state index is 2.48. The van der Waals surface area contributed by atoms with Crippen molar-refractivity contribution in [1.82, 2.24) is 9.13 Å². The van der Waals surface area contributed by atoms with Gasteiger partial charge in [0, 0.05) is 32.9 Å². The summed E-state index contributed by atoms with van der Waals surface area (Å²) in [5.41, 5.74) is 12.3. The monoisotopic (exact) mass is 740 g/mol. The van der Waals surface area contributed by atoms with E-state index < -0.39 is 8.07 Å². The van der Waals surface area contributed by atoms with Gasteiger partial charge in [-0.2, -0.15) is 0 Å². The highest BCUT2D eigenvalue weighted by molar-refractivity contribution is 7.22. The van der Waals surface area contributed by atoms with Gasteiger partial charge in [-0.15, -0.1) is 0 Å². The van der Waals surface area contributed by atoms with Crippen LogP contribution in [0.2, 0.25) is 0 Å². The Balaban J connectivity index is 1.06. The average molecular weight is 741 g/mol. The first-order chi connectivity index (χ1) is 28.3. The van der Waals surface area contributed by atoms with Crippen LogP contribution < -0.4 is 20.7 Å². The second-order valence-electron chi connectivity index (χ2n) is 15.2.